The van der Waals surface area contributed by atoms with Gasteiger partial charge in [-0.05, 0) is 105 Å². The molecule has 18 heteroatoms. The number of hydrogen-bond donors (Lipinski definition) is 2. The number of carbonyl (C=O) groups excluding carboxylic acids is 3. The molecule has 8 aromatic rings. The highest BCUT2D eigenvalue weighted by molar-refractivity contribution is 7.44. The summed E-state index contributed by atoms with van der Waals surface area (Å²) in [5.41, 5.74) is 2.00. The SMILES string of the molecule is C=CCOP(O[C@@H]1[C@H](OC(=O)c2ccccc2)[C@H](OC(c2ccccc2)(c2ccc(OC)cc2)c2ccc(OC)cc2)CO[C@H]1n1cnc2c(NC(=O)c3ccccc3)nc(NC(=O)c3ccccc3)nc21)N(C(C)C)C(C)C. The zero-order chi connectivity index (χ0) is 55.5. The zero-order valence-corrected chi connectivity index (χ0v) is 45.6. The van der Waals surface area contributed by atoms with E-state index in [4.69, 9.17) is 42.7 Å². The van der Waals surface area contributed by atoms with Gasteiger partial charge in [0.25, 0.3) is 20.3 Å². The standard InChI is InChI=1S/C61H62N7O10P/c1-8-37-75-79(68(40(2)3)41(4)5)78-53-52(76-59(71)44-25-17-11-18-26-44)50(77-61(45-27-19-12-20-28-45,46-29-33-48(72-6)34-30-46)47-31-35-49(73-7)36-32-47)38-74-58(53)67-39-62-51-54(63-56(69)42-21-13-9-14-22-42)64-60(65-55(51)67)66-57(70)43-23-15-10-16-24-43/h8-36,39-41,50,52-53,58H,1,37-38H2,2-7H3,(H2,63,64,65,66,69,70)/t50-,52-,53-,58-,79?/m1/s1. The average Bonchev–Trinajstić information content (AvgIpc) is 4.08. The lowest BCUT2D eigenvalue weighted by Crippen LogP contribution is -2.57. The summed E-state index contributed by atoms with van der Waals surface area (Å²) in [6.07, 6.45) is -1.82. The van der Waals surface area contributed by atoms with E-state index in [-0.39, 0.29) is 53.8 Å². The summed E-state index contributed by atoms with van der Waals surface area (Å²) in [6.45, 7) is 12.0. The van der Waals surface area contributed by atoms with E-state index in [0.29, 0.717) is 33.8 Å². The fraction of sp³-hybridized carbons (Fsp3) is 0.246. The number of imidazole rings is 1. The maximum absolute atomic E-state index is 14.9. The maximum Gasteiger partial charge on any atom is 0.338 e. The van der Waals surface area contributed by atoms with Crippen LogP contribution in [0, 0.1) is 0 Å². The van der Waals surface area contributed by atoms with Gasteiger partial charge in [0.1, 0.15) is 23.2 Å². The Balaban J connectivity index is 1.26. The topological polar surface area (TPSA) is 187 Å². The van der Waals surface area contributed by atoms with Crippen molar-refractivity contribution in [2.24, 2.45) is 0 Å². The number of nitrogens with one attached hydrogen (secondary N) is 2. The predicted octanol–water partition coefficient (Wildman–Crippen LogP) is 11.4. The molecule has 5 atom stereocenters. The van der Waals surface area contributed by atoms with Crippen LogP contribution in [0.3, 0.4) is 0 Å². The van der Waals surface area contributed by atoms with E-state index in [2.05, 4.69) is 26.9 Å². The first-order valence-corrected chi connectivity index (χ1v) is 26.9. The molecule has 0 saturated carbocycles. The van der Waals surface area contributed by atoms with Crippen molar-refractivity contribution in [3.8, 4) is 11.5 Å². The van der Waals surface area contributed by atoms with Crippen molar-refractivity contribution < 1.29 is 47.1 Å². The highest BCUT2D eigenvalue weighted by atomic mass is 31.2. The predicted molar refractivity (Wildman–Crippen MR) is 302 cm³/mol. The third kappa shape index (κ3) is 12.4. The van der Waals surface area contributed by atoms with Gasteiger partial charge >= 0.3 is 5.97 Å². The molecule has 6 aromatic carbocycles. The molecule has 17 nitrogen and oxygen atoms in total. The molecule has 2 amide bonds. The van der Waals surface area contributed by atoms with E-state index >= 15 is 0 Å². The van der Waals surface area contributed by atoms with Gasteiger partial charge in [-0.2, -0.15) is 9.97 Å². The molecule has 1 saturated heterocycles. The van der Waals surface area contributed by atoms with Crippen LogP contribution in [-0.2, 0) is 28.9 Å². The number of nitrogens with zero attached hydrogens (tertiary/aromatic N) is 5. The minimum atomic E-state index is -2.04. The molecule has 1 unspecified atom stereocenters. The first kappa shape index (κ1) is 55.6. The van der Waals surface area contributed by atoms with Crippen molar-refractivity contribution in [1.82, 2.24) is 24.2 Å². The van der Waals surface area contributed by atoms with Crippen LogP contribution in [0.25, 0.3) is 11.2 Å². The minimum absolute atomic E-state index is 0.00325. The first-order chi connectivity index (χ1) is 38.4. The summed E-state index contributed by atoms with van der Waals surface area (Å²) >= 11 is 0. The molecule has 2 N–H and O–H groups in total. The van der Waals surface area contributed by atoms with Gasteiger partial charge < -0.3 is 38.0 Å². The number of amides is 2. The number of carbonyl (C=O) groups is 3. The lowest BCUT2D eigenvalue weighted by Gasteiger charge is -2.47. The van der Waals surface area contributed by atoms with Gasteiger partial charge in [-0.1, -0.05) is 115 Å². The van der Waals surface area contributed by atoms with E-state index in [0.717, 1.165) is 5.56 Å². The van der Waals surface area contributed by atoms with Crippen molar-refractivity contribution >= 4 is 49.2 Å². The van der Waals surface area contributed by atoms with Crippen molar-refractivity contribution in [1.29, 1.82) is 0 Å². The molecular weight excluding hydrogens is 1020 g/mol. The van der Waals surface area contributed by atoms with Crippen LogP contribution in [0.15, 0.2) is 189 Å². The highest BCUT2D eigenvalue weighted by Gasteiger charge is 2.52. The molecule has 0 spiro atoms. The van der Waals surface area contributed by atoms with E-state index < -0.39 is 56.5 Å². The summed E-state index contributed by atoms with van der Waals surface area (Å²) in [4.78, 5) is 56.9. The minimum Gasteiger partial charge on any atom is -0.497 e. The summed E-state index contributed by atoms with van der Waals surface area (Å²) in [7, 11) is 1.17. The number of aromatic nitrogens is 4. The molecule has 406 valence electrons. The summed E-state index contributed by atoms with van der Waals surface area (Å²) in [5.74, 6) is -0.551. The molecule has 0 radical (unpaired) electrons. The number of esters is 1. The van der Waals surface area contributed by atoms with Crippen molar-refractivity contribution in [2.45, 2.75) is 69.9 Å². The van der Waals surface area contributed by atoms with E-state index in [1.165, 1.54) is 6.33 Å². The largest absolute Gasteiger partial charge is 0.497 e. The third-order valence-corrected chi connectivity index (χ3v) is 15.2. The third-order valence-electron chi connectivity index (χ3n) is 13.1. The van der Waals surface area contributed by atoms with Crippen LogP contribution in [0.5, 0.6) is 11.5 Å². The Hall–Kier alpha value is -8.15. The number of hydrogen-bond acceptors (Lipinski definition) is 14. The molecule has 0 bridgehead atoms. The molecule has 1 fully saturated rings. The van der Waals surface area contributed by atoms with Gasteiger partial charge in [0.05, 0.1) is 39.3 Å². The summed E-state index contributed by atoms with van der Waals surface area (Å²) < 4.78 is 50.8. The summed E-state index contributed by atoms with van der Waals surface area (Å²) in [6, 6.07) is 50.6. The Morgan fingerprint density at radius 2 is 1.20 bits per heavy atom. The second-order valence-corrected chi connectivity index (χ2v) is 20.3. The second kappa shape index (κ2) is 25.5. The molecule has 3 heterocycles. The number of benzene rings is 6. The zero-order valence-electron chi connectivity index (χ0n) is 44.7. The fourth-order valence-corrected chi connectivity index (χ4v) is 11.2. The smallest absolute Gasteiger partial charge is 0.338 e. The highest BCUT2D eigenvalue weighted by Crippen LogP contribution is 2.52. The molecule has 9 rings (SSSR count). The van der Waals surface area contributed by atoms with E-state index in [9.17, 15) is 14.4 Å². The Morgan fingerprint density at radius 3 is 1.72 bits per heavy atom. The fourth-order valence-electron chi connectivity index (χ4n) is 9.50. The Morgan fingerprint density at radius 1 is 0.696 bits per heavy atom. The number of ether oxygens (including phenoxy) is 5. The lowest BCUT2D eigenvalue weighted by molar-refractivity contribution is -0.234. The quantitative estimate of drug-likeness (QED) is 0.0282. The van der Waals surface area contributed by atoms with Gasteiger partial charge in [0.15, 0.2) is 35.4 Å². The maximum atomic E-state index is 14.9. The van der Waals surface area contributed by atoms with Gasteiger partial charge in [-0.3, -0.25) is 19.5 Å². The van der Waals surface area contributed by atoms with Gasteiger partial charge in [0, 0.05) is 23.2 Å². The van der Waals surface area contributed by atoms with E-state index in [1.54, 1.807) is 110 Å². The normalized spacial score (nSPS) is 16.8. The molecule has 1 aliphatic rings. The van der Waals surface area contributed by atoms with Crippen molar-refractivity contribution in [2.75, 3.05) is 38.1 Å². The molecule has 1 aliphatic heterocycles. The average molecular weight is 1080 g/mol. The van der Waals surface area contributed by atoms with Gasteiger partial charge in [-0.25, -0.2) is 14.4 Å². The van der Waals surface area contributed by atoms with Crippen molar-refractivity contribution in [3.63, 3.8) is 0 Å². The Labute approximate surface area is 460 Å². The molecule has 79 heavy (non-hydrogen) atoms. The molecule has 0 aliphatic carbocycles. The van der Waals surface area contributed by atoms with E-state index in [1.807, 2.05) is 113 Å². The lowest BCUT2D eigenvalue weighted by atomic mass is 9.79. The van der Waals surface area contributed by atoms with Crippen molar-refractivity contribution in [3.05, 3.63) is 222 Å². The van der Waals surface area contributed by atoms with Crippen LogP contribution >= 0.6 is 8.53 Å². The number of methoxy groups -OCH3 is 2. The van der Waals surface area contributed by atoms with Crippen LogP contribution in [-0.4, -0.2) is 99.8 Å². The molecule has 2 aromatic heterocycles. The Bertz CT molecular complexity index is 3260. The summed E-state index contributed by atoms with van der Waals surface area (Å²) in [5, 5.41) is 5.71. The second-order valence-electron chi connectivity index (χ2n) is 18.9. The monoisotopic (exact) mass is 1080 g/mol. The van der Waals surface area contributed by atoms with Crippen LogP contribution in [0.4, 0.5) is 11.8 Å². The van der Waals surface area contributed by atoms with Gasteiger partial charge in [-0.15, -0.1) is 6.58 Å². The Kier molecular flexibility index (Phi) is 18.0. The number of anilines is 2. The number of fused-ring (bicyclic) bond motifs is 1. The first-order valence-electron chi connectivity index (χ1n) is 25.8. The molecular formula is C61H62N7O10P. The number of rotatable bonds is 22. The van der Waals surface area contributed by atoms with Crippen LogP contribution in [0.2, 0.25) is 0 Å². The van der Waals surface area contributed by atoms with Gasteiger partial charge in [0.2, 0.25) is 5.95 Å². The van der Waals surface area contributed by atoms with Crippen LogP contribution < -0.4 is 20.1 Å². The van der Waals surface area contributed by atoms with Crippen LogP contribution in [0.1, 0.15) is 81.7 Å².